The highest BCUT2D eigenvalue weighted by atomic mass is 35.5. The summed E-state index contributed by atoms with van der Waals surface area (Å²) in [7, 11) is 0. The Kier molecular flexibility index (Phi) is 3.42. The monoisotopic (exact) mass is 250 g/mol. The van der Waals surface area contributed by atoms with Gasteiger partial charge in [0.15, 0.2) is 5.78 Å². The van der Waals surface area contributed by atoms with Gasteiger partial charge in [0.1, 0.15) is 0 Å². The summed E-state index contributed by atoms with van der Waals surface area (Å²) in [6.07, 6.45) is 0.431. The second kappa shape index (κ2) is 4.81. The van der Waals surface area contributed by atoms with E-state index < -0.39 is 0 Å². The third-order valence-electron chi connectivity index (χ3n) is 2.34. The number of carbonyl (C=O) groups is 1. The molecule has 0 aliphatic heterocycles. The fourth-order valence-corrected chi connectivity index (χ4v) is 2.53. The number of halogens is 1. The average Bonchev–Trinajstić information content (AvgIpc) is 2.65. The Balaban J connectivity index is 2.11. The number of benzene rings is 1. The summed E-state index contributed by atoms with van der Waals surface area (Å²) in [5, 5.41) is 0. The number of hydrogen-bond acceptors (Lipinski definition) is 2. The Morgan fingerprint density at radius 2 is 1.88 bits per heavy atom. The van der Waals surface area contributed by atoms with Gasteiger partial charge in [-0.3, -0.25) is 4.79 Å². The van der Waals surface area contributed by atoms with Crippen LogP contribution in [0.2, 0.25) is 4.34 Å². The van der Waals surface area contributed by atoms with Gasteiger partial charge in [-0.05, 0) is 19.1 Å². The molecule has 0 spiro atoms. The highest BCUT2D eigenvalue weighted by Gasteiger charge is 2.08. The summed E-state index contributed by atoms with van der Waals surface area (Å²) in [6, 6.07) is 11.4. The van der Waals surface area contributed by atoms with Gasteiger partial charge < -0.3 is 0 Å². The number of Topliss-reactive ketones (excluding diaryl/α,β-unsaturated/α-hetero) is 1. The minimum absolute atomic E-state index is 0.138. The van der Waals surface area contributed by atoms with E-state index in [4.69, 9.17) is 11.6 Å². The van der Waals surface area contributed by atoms with Crippen molar-refractivity contribution in [3.8, 4) is 0 Å². The molecule has 2 aromatic rings. The van der Waals surface area contributed by atoms with E-state index in [9.17, 15) is 4.79 Å². The molecular weight excluding hydrogens is 240 g/mol. The fourth-order valence-electron chi connectivity index (χ4n) is 1.45. The van der Waals surface area contributed by atoms with Crippen LogP contribution in [0, 0.1) is 6.92 Å². The van der Waals surface area contributed by atoms with Crippen molar-refractivity contribution in [2.24, 2.45) is 0 Å². The molecule has 0 aliphatic carbocycles. The maximum atomic E-state index is 11.9. The quantitative estimate of drug-likeness (QED) is 0.749. The number of hydrogen-bond donors (Lipinski definition) is 0. The van der Waals surface area contributed by atoms with Crippen molar-refractivity contribution >= 4 is 28.7 Å². The molecule has 1 heterocycles. The van der Waals surface area contributed by atoms with Crippen LogP contribution in [0.15, 0.2) is 36.4 Å². The fraction of sp³-hybridized carbons (Fsp3) is 0.154. The van der Waals surface area contributed by atoms with E-state index in [1.807, 2.05) is 43.3 Å². The lowest BCUT2D eigenvalue weighted by atomic mass is 10.1. The summed E-state index contributed by atoms with van der Waals surface area (Å²) in [5.41, 5.74) is 1.92. The minimum atomic E-state index is 0.138. The van der Waals surface area contributed by atoms with E-state index in [0.717, 1.165) is 20.3 Å². The van der Waals surface area contributed by atoms with Gasteiger partial charge in [-0.1, -0.05) is 41.4 Å². The molecule has 1 aromatic heterocycles. The first kappa shape index (κ1) is 11.4. The molecule has 0 radical (unpaired) electrons. The summed E-state index contributed by atoms with van der Waals surface area (Å²) < 4.78 is 0.728. The molecule has 82 valence electrons. The van der Waals surface area contributed by atoms with Crippen molar-refractivity contribution in [3.05, 3.63) is 56.7 Å². The summed E-state index contributed by atoms with van der Waals surface area (Å²) in [5.74, 6) is 0.138. The first-order valence-electron chi connectivity index (χ1n) is 4.99. The minimum Gasteiger partial charge on any atom is -0.294 e. The van der Waals surface area contributed by atoms with E-state index in [1.165, 1.54) is 11.3 Å². The van der Waals surface area contributed by atoms with Crippen molar-refractivity contribution in [2.45, 2.75) is 13.3 Å². The van der Waals surface area contributed by atoms with E-state index >= 15 is 0 Å². The van der Waals surface area contributed by atoms with Crippen molar-refractivity contribution < 1.29 is 4.79 Å². The van der Waals surface area contributed by atoms with Crippen molar-refractivity contribution in [3.63, 3.8) is 0 Å². The molecule has 0 saturated carbocycles. The SMILES string of the molecule is Cc1ccc(C(=O)Cc2ccc(Cl)s2)cc1. The molecule has 0 N–H and O–H groups in total. The van der Waals surface area contributed by atoms with Crippen molar-refractivity contribution in [2.75, 3.05) is 0 Å². The van der Waals surface area contributed by atoms with Gasteiger partial charge in [-0.15, -0.1) is 11.3 Å². The molecule has 16 heavy (non-hydrogen) atoms. The van der Waals surface area contributed by atoms with Crippen LogP contribution in [0.5, 0.6) is 0 Å². The van der Waals surface area contributed by atoms with E-state index in [1.54, 1.807) is 0 Å². The topological polar surface area (TPSA) is 17.1 Å². The van der Waals surface area contributed by atoms with Gasteiger partial charge in [-0.2, -0.15) is 0 Å². The lowest BCUT2D eigenvalue weighted by molar-refractivity contribution is 0.0994. The summed E-state index contributed by atoms with van der Waals surface area (Å²) >= 11 is 7.28. The van der Waals surface area contributed by atoms with Gasteiger partial charge in [0.05, 0.1) is 4.34 Å². The normalized spacial score (nSPS) is 10.4. The van der Waals surface area contributed by atoms with Gasteiger partial charge in [0, 0.05) is 16.9 Å². The maximum Gasteiger partial charge on any atom is 0.168 e. The number of carbonyl (C=O) groups excluding carboxylic acids is 1. The Bertz CT molecular complexity index is 499. The molecule has 0 aliphatic rings. The number of ketones is 1. The van der Waals surface area contributed by atoms with Crippen LogP contribution in [-0.4, -0.2) is 5.78 Å². The van der Waals surface area contributed by atoms with E-state index in [0.29, 0.717) is 6.42 Å². The summed E-state index contributed by atoms with van der Waals surface area (Å²) in [4.78, 5) is 12.9. The first-order valence-corrected chi connectivity index (χ1v) is 6.18. The molecule has 0 fully saturated rings. The highest BCUT2D eigenvalue weighted by Crippen LogP contribution is 2.22. The Labute approximate surface area is 104 Å². The van der Waals surface area contributed by atoms with Crippen LogP contribution in [0.4, 0.5) is 0 Å². The maximum absolute atomic E-state index is 11.9. The van der Waals surface area contributed by atoms with Crippen LogP contribution >= 0.6 is 22.9 Å². The molecule has 0 amide bonds. The van der Waals surface area contributed by atoms with Crippen LogP contribution in [0.1, 0.15) is 20.8 Å². The Morgan fingerprint density at radius 3 is 2.44 bits per heavy atom. The third kappa shape index (κ3) is 2.71. The molecule has 3 heteroatoms. The van der Waals surface area contributed by atoms with Crippen LogP contribution in [0.25, 0.3) is 0 Å². The standard InChI is InChI=1S/C13H11ClOS/c1-9-2-4-10(5-3-9)12(15)8-11-6-7-13(14)16-11/h2-7H,8H2,1H3. The predicted octanol–water partition coefficient (Wildman–Crippen LogP) is 4.14. The first-order chi connectivity index (χ1) is 7.65. The Hall–Kier alpha value is -1.12. The molecule has 2 rings (SSSR count). The van der Waals surface area contributed by atoms with E-state index in [-0.39, 0.29) is 5.78 Å². The lowest BCUT2D eigenvalue weighted by Gasteiger charge is -1.99. The zero-order valence-electron chi connectivity index (χ0n) is 8.87. The predicted molar refractivity (Wildman–Crippen MR) is 68.5 cm³/mol. The number of aryl methyl sites for hydroxylation is 1. The third-order valence-corrected chi connectivity index (χ3v) is 3.57. The molecule has 0 saturated heterocycles. The van der Waals surface area contributed by atoms with Crippen molar-refractivity contribution in [1.29, 1.82) is 0 Å². The highest BCUT2D eigenvalue weighted by molar-refractivity contribution is 7.16. The van der Waals surface area contributed by atoms with Crippen LogP contribution in [-0.2, 0) is 6.42 Å². The number of thiophene rings is 1. The van der Waals surface area contributed by atoms with Gasteiger partial charge in [0.2, 0.25) is 0 Å². The zero-order chi connectivity index (χ0) is 11.5. The van der Waals surface area contributed by atoms with E-state index in [2.05, 4.69) is 0 Å². The molecular formula is C13H11ClOS. The van der Waals surface area contributed by atoms with Gasteiger partial charge in [-0.25, -0.2) is 0 Å². The second-order valence-corrected chi connectivity index (χ2v) is 5.47. The molecule has 0 unspecified atom stereocenters. The van der Waals surface area contributed by atoms with Crippen molar-refractivity contribution in [1.82, 2.24) is 0 Å². The smallest absolute Gasteiger partial charge is 0.168 e. The Morgan fingerprint density at radius 1 is 1.19 bits per heavy atom. The molecule has 1 aromatic carbocycles. The lowest BCUT2D eigenvalue weighted by Crippen LogP contribution is -2.01. The molecule has 0 atom stereocenters. The van der Waals surface area contributed by atoms with Gasteiger partial charge in [0.25, 0.3) is 0 Å². The summed E-state index contributed by atoms with van der Waals surface area (Å²) in [6.45, 7) is 2.01. The second-order valence-electron chi connectivity index (χ2n) is 3.67. The van der Waals surface area contributed by atoms with Gasteiger partial charge >= 0.3 is 0 Å². The largest absolute Gasteiger partial charge is 0.294 e. The average molecular weight is 251 g/mol. The molecule has 1 nitrogen and oxygen atoms in total. The van der Waals surface area contributed by atoms with Crippen LogP contribution < -0.4 is 0 Å². The zero-order valence-corrected chi connectivity index (χ0v) is 10.4. The number of rotatable bonds is 3. The molecule has 0 bridgehead atoms. The van der Waals surface area contributed by atoms with Crippen LogP contribution in [0.3, 0.4) is 0 Å².